The summed E-state index contributed by atoms with van der Waals surface area (Å²) < 4.78 is 27.6. The SMILES string of the molecule is CC1CCCN(S(=O)(=O)c2ccc(C(=O)Nc3sc4c(c3C(N)=O)CC(C)(C)NC4(C)C)cc2)C1. The van der Waals surface area contributed by atoms with Gasteiger partial charge in [-0.2, -0.15) is 4.31 Å². The molecule has 0 radical (unpaired) electrons. The molecule has 1 fully saturated rings. The number of hydrogen-bond acceptors (Lipinski definition) is 6. The molecule has 0 aliphatic carbocycles. The molecule has 1 aromatic heterocycles. The fourth-order valence-corrected chi connectivity index (χ4v) is 8.22. The Labute approximate surface area is 211 Å². The molecule has 10 heteroatoms. The normalized spacial score (nSPS) is 21.8. The highest BCUT2D eigenvalue weighted by molar-refractivity contribution is 7.89. The Morgan fingerprint density at radius 3 is 2.43 bits per heavy atom. The molecule has 2 aliphatic heterocycles. The van der Waals surface area contributed by atoms with E-state index in [2.05, 4.69) is 31.4 Å². The van der Waals surface area contributed by atoms with E-state index in [-0.39, 0.29) is 10.4 Å². The lowest BCUT2D eigenvalue weighted by Gasteiger charge is -2.42. The van der Waals surface area contributed by atoms with Gasteiger partial charge in [-0.1, -0.05) is 6.92 Å². The van der Waals surface area contributed by atoms with Crippen LogP contribution in [0.2, 0.25) is 0 Å². The van der Waals surface area contributed by atoms with Gasteiger partial charge in [-0.3, -0.25) is 9.59 Å². The minimum Gasteiger partial charge on any atom is -0.365 e. The van der Waals surface area contributed by atoms with Gasteiger partial charge in [0.1, 0.15) is 5.00 Å². The quantitative estimate of drug-likeness (QED) is 0.557. The third-order valence-corrected chi connectivity index (χ3v) is 10.0. The molecule has 2 aromatic rings. The molecule has 3 heterocycles. The number of thiophene rings is 1. The minimum atomic E-state index is -3.60. The summed E-state index contributed by atoms with van der Waals surface area (Å²) in [4.78, 5) is 26.6. The van der Waals surface area contributed by atoms with E-state index in [0.29, 0.717) is 41.6 Å². The summed E-state index contributed by atoms with van der Waals surface area (Å²) in [6.45, 7) is 11.3. The van der Waals surface area contributed by atoms with Crippen molar-refractivity contribution in [3.63, 3.8) is 0 Å². The number of nitrogens with zero attached hydrogens (tertiary/aromatic N) is 1. The van der Waals surface area contributed by atoms with Crippen molar-refractivity contribution < 1.29 is 18.0 Å². The second kappa shape index (κ2) is 8.99. The van der Waals surface area contributed by atoms with Gasteiger partial charge in [0, 0.05) is 34.6 Å². The maximum absolute atomic E-state index is 13.1. The lowest BCUT2D eigenvalue weighted by atomic mass is 9.81. The molecule has 1 saturated heterocycles. The molecule has 0 saturated carbocycles. The van der Waals surface area contributed by atoms with Gasteiger partial charge < -0.3 is 16.4 Å². The summed E-state index contributed by atoms with van der Waals surface area (Å²) in [6.07, 6.45) is 2.48. The molecule has 2 amide bonds. The maximum Gasteiger partial charge on any atom is 0.256 e. The average molecular weight is 519 g/mol. The zero-order valence-corrected chi connectivity index (χ0v) is 22.5. The van der Waals surface area contributed by atoms with Crippen LogP contribution in [0.4, 0.5) is 5.00 Å². The molecule has 0 bridgehead atoms. The highest BCUT2D eigenvalue weighted by Gasteiger charge is 2.41. The van der Waals surface area contributed by atoms with E-state index in [1.54, 1.807) is 0 Å². The Kier molecular flexibility index (Phi) is 6.63. The molecular formula is C25H34N4O4S2. The van der Waals surface area contributed by atoms with Crippen LogP contribution in [0.15, 0.2) is 29.2 Å². The van der Waals surface area contributed by atoms with Crippen LogP contribution in [0.3, 0.4) is 0 Å². The van der Waals surface area contributed by atoms with Gasteiger partial charge in [0.15, 0.2) is 0 Å². The van der Waals surface area contributed by atoms with E-state index in [4.69, 9.17) is 5.73 Å². The molecule has 1 unspecified atom stereocenters. The number of carbonyl (C=O) groups excluding carboxylic acids is 2. The number of hydrogen-bond donors (Lipinski definition) is 3. The number of primary amides is 1. The van der Waals surface area contributed by atoms with Gasteiger partial charge in [-0.25, -0.2) is 8.42 Å². The summed E-state index contributed by atoms with van der Waals surface area (Å²) in [5.74, 6) is -0.680. The molecule has 1 atom stereocenters. The number of piperidine rings is 1. The van der Waals surface area contributed by atoms with Crippen molar-refractivity contribution in [3.8, 4) is 0 Å². The van der Waals surface area contributed by atoms with Crippen molar-refractivity contribution >= 4 is 38.2 Å². The fourth-order valence-electron chi connectivity index (χ4n) is 5.34. The van der Waals surface area contributed by atoms with Gasteiger partial charge in [-0.05, 0) is 82.7 Å². The number of carbonyl (C=O) groups is 2. The Bertz CT molecular complexity index is 1260. The van der Waals surface area contributed by atoms with Crippen LogP contribution in [0, 0.1) is 5.92 Å². The Balaban J connectivity index is 1.59. The van der Waals surface area contributed by atoms with E-state index in [9.17, 15) is 18.0 Å². The van der Waals surface area contributed by atoms with Crippen molar-refractivity contribution in [2.45, 2.75) is 69.9 Å². The number of nitrogens with one attached hydrogen (secondary N) is 2. The smallest absolute Gasteiger partial charge is 0.256 e. The van der Waals surface area contributed by atoms with Crippen LogP contribution in [-0.4, -0.2) is 43.2 Å². The largest absolute Gasteiger partial charge is 0.365 e. The summed E-state index contributed by atoms with van der Waals surface area (Å²) in [7, 11) is -3.60. The molecule has 4 rings (SSSR count). The van der Waals surface area contributed by atoms with Crippen LogP contribution in [0.25, 0.3) is 0 Å². The molecule has 0 spiro atoms. The maximum atomic E-state index is 13.1. The highest BCUT2D eigenvalue weighted by atomic mass is 32.2. The van der Waals surface area contributed by atoms with Crippen LogP contribution in [-0.2, 0) is 22.0 Å². The highest BCUT2D eigenvalue weighted by Crippen LogP contribution is 2.45. The van der Waals surface area contributed by atoms with Gasteiger partial charge in [-0.15, -0.1) is 11.3 Å². The third kappa shape index (κ3) is 5.02. The Morgan fingerprint density at radius 2 is 1.83 bits per heavy atom. The molecular weight excluding hydrogens is 484 g/mol. The van der Waals surface area contributed by atoms with Gasteiger partial charge in [0.25, 0.3) is 11.8 Å². The Hall–Kier alpha value is -2.27. The zero-order chi connectivity index (χ0) is 25.8. The van der Waals surface area contributed by atoms with Crippen molar-refractivity contribution in [1.29, 1.82) is 0 Å². The van der Waals surface area contributed by atoms with Crippen molar-refractivity contribution in [2.24, 2.45) is 11.7 Å². The predicted octanol–water partition coefficient (Wildman–Crippen LogP) is 3.68. The molecule has 2 aliphatic rings. The van der Waals surface area contributed by atoms with Crippen molar-refractivity contribution in [2.75, 3.05) is 18.4 Å². The number of amides is 2. The summed E-state index contributed by atoms with van der Waals surface area (Å²) in [6, 6.07) is 5.93. The molecule has 190 valence electrons. The van der Waals surface area contributed by atoms with Crippen molar-refractivity contribution in [1.82, 2.24) is 9.62 Å². The monoisotopic (exact) mass is 518 g/mol. The van der Waals surface area contributed by atoms with Crippen LogP contribution < -0.4 is 16.4 Å². The number of sulfonamides is 1. The first-order valence-electron chi connectivity index (χ1n) is 11.9. The van der Waals surface area contributed by atoms with Crippen LogP contribution >= 0.6 is 11.3 Å². The van der Waals surface area contributed by atoms with Gasteiger partial charge in [0.05, 0.1) is 10.5 Å². The summed E-state index contributed by atoms with van der Waals surface area (Å²) in [5.41, 5.74) is 6.63. The molecule has 1 aromatic carbocycles. The van der Waals surface area contributed by atoms with Crippen LogP contribution in [0.1, 0.15) is 78.6 Å². The first kappa shape index (κ1) is 25.8. The molecule has 4 N–H and O–H groups in total. The number of benzene rings is 1. The van der Waals surface area contributed by atoms with Crippen LogP contribution in [0.5, 0.6) is 0 Å². The number of nitrogens with two attached hydrogens (primary N) is 1. The second-order valence-corrected chi connectivity index (χ2v) is 13.8. The lowest BCUT2D eigenvalue weighted by molar-refractivity contribution is 0.0999. The minimum absolute atomic E-state index is 0.169. The van der Waals surface area contributed by atoms with Gasteiger partial charge in [0.2, 0.25) is 10.0 Å². The lowest BCUT2D eigenvalue weighted by Crippen LogP contribution is -2.55. The summed E-state index contributed by atoms with van der Waals surface area (Å²) >= 11 is 1.35. The zero-order valence-electron chi connectivity index (χ0n) is 20.9. The number of anilines is 1. The topological polar surface area (TPSA) is 122 Å². The third-order valence-electron chi connectivity index (χ3n) is 6.69. The van der Waals surface area contributed by atoms with E-state index in [1.807, 2.05) is 13.8 Å². The van der Waals surface area contributed by atoms with E-state index >= 15 is 0 Å². The van der Waals surface area contributed by atoms with E-state index < -0.39 is 27.4 Å². The molecule has 8 nitrogen and oxygen atoms in total. The van der Waals surface area contributed by atoms with Gasteiger partial charge >= 0.3 is 0 Å². The Morgan fingerprint density at radius 1 is 1.17 bits per heavy atom. The standard InChI is InChI=1S/C25H34N4O4S2/c1-15-7-6-12-29(14-15)35(32,33)17-10-8-16(9-11-17)22(31)27-23-19(21(26)30)18-13-24(2,3)28-25(4,5)20(18)34-23/h8-11,15,28H,6-7,12-14H2,1-5H3,(H2,26,30)(H,27,31). The number of fused-ring (bicyclic) bond motifs is 1. The van der Waals surface area contributed by atoms with E-state index in [0.717, 1.165) is 23.3 Å². The summed E-state index contributed by atoms with van der Waals surface area (Å²) in [5, 5.41) is 6.85. The second-order valence-electron chi connectivity index (χ2n) is 10.9. The predicted molar refractivity (Wildman–Crippen MR) is 138 cm³/mol. The average Bonchev–Trinajstić information content (AvgIpc) is 3.11. The molecule has 35 heavy (non-hydrogen) atoms. The first-order valence-corrected chi connectivity index (χ1v) is 14.1. The first-order chi connectivity index (χ1) is 16.2. The van der Waals surface area contributed by atoms with Crippen molar-refractivity contribution in [3.05, 3.63) is 45.8 Å². The van der Waals surface area contributed by atoms with E-state index in [1.165, 1.54) is 39.9 Å². The fraction of sp³-hybridized carbons (Fsp3) is 0.520. The number of rotatable bonds is 5.